The monoisotopic (exact) mass is 440 g/mol. The quantitative estimate of drug-likeness (QED) is 0.447. The number of methoxy groups -OCH3 is 1. The first-order chi connectivity index (χ1) is 14.2. The molecule has 10 heteroatoms. The number of halogens is 1. The third-order valence-corrected chi connectivity index (χ3v) is 5.20. The first-order valence-electron chi connectivity index (χ1n) is 9.77. The van der Waals surface area contributed by atoms with Crippen LogP contribution in [0.25, 0.3) is 0 Å². The second kappa shape index (κ2) is 11.1. The van der Waals surface area contributed by atoms with Crippen LogP contribution in [-0.2, 0) is 25.5 Å². The van der Waals surface area contributed by atoms with E-state index in [0.29, 0.717) is 18.0 Å². The van der Waals surface area contributed by atoms with Crippen molar-refractivity contribution in [2.45, 2.75) is 43.9 Å². The standard InChI is InChI=1S/C20H29ClN4O5/c1-13(30-19(22)28)17(26)24-16(11-29-2)18(27)25-20(8-3-9-23-12-20)10-14-4-6-15(21)7-5-14/h4-7,13,16,23H,3,8-12H2,1-2H3,(H2,22,28)(H,24,26)(H,25,27). The van der Waals surface area contributed by atoms with Gasteiger partial charge in [-0.15, -0.1) is 0 Å². The predicted molar refractivity (Wildman–Crippen MR) is 112 cm³/mol. The van der Waals surface area contributed by atoms with Gasteiger partial charge in [0.05, 0.1) is 12.1 Å². The lowest BCUT2D eigenvalue weighted by atomic mass is 9.83. The molecule has 30 heavy (non-hydrogen) atoms. The number of ether oxygens (including phenoxy) is 2. The van der Waals surface area contributed by atoms with Gasteiger partial charge < -0.3 is 31.2 Å². The Hall–Kier alpha value is -2.36. The highest BCUT2D eigenvalue weighted by atomic mass is 35.5. The van der Waals surface area contributed by atoms with Crippen molar-refractivity contribution in [1.29, 1.82) is 0 Å². The number of amides is 3. The number of carbonyl (C=O) groups excluding carboxylic acids is 3. The molecule has 3 unspecified atom stereocenters. The fourth-order valence-electron chi connectivity index (χ4n) is 3.48. The second-order valence-electron chi connectivity index (χ2n) is 7.45. The zero-order valence-electron chi connectivity index (χ0n) is 17.2. The topological polar surface area (TPSA) is 132 Å². The fraction of sp³-hybridized carbons (Fsp3) is 0.550. The number of benzene rings is 1. The van der Waals surface area contributed by atoms with E-state index >= 15 is 0 Å². The summed E-state index contributed by atoms with van der Waals surface area (Å²) in [6, 6.07) is 6.54. The minimum absolute atomic E-state index is 0.0364. The Morgan fingerprint density at radius 3 is 2.53 bits per heavy atom. The van der Waals surface area contributed by atoms with Crippen LogP contribution in [0.5, 0.6) is 0 Å². The highest BCUT2D eigenvalue weighted by Gasteiger charge is 2.36. The van der Waals surface area contributed by atoms with Crippen LogP contribution < -0.4 is 21.7 Å². The first kappa shape index (κ1) is 23.9. The van der Waals surface area contributed by atoms with Crippen LogP contribution in [0, 0.1) is 0 Å². The molecule has 5 N–H and O–H groups in total. The van der Waals surface area contributed by atoms with Gasteiger partial charge in [0.2, 0.25) is 5.91 Å². The molecule has 1 aliphatic rings. The van der Waals surface area contributed by atoms with E-state index in [9.17, 15) is 14.4 Å². The van der Waals surface area contributed by atoms with Crippen LogP contribution in [0.2, 0.25) is 5.02 Å². The molecule has 1 saturated heterocycles. The lowest BCUT2D eigenvalue weighted by molar-refractivity contribution is -0.135. The highest BCUT2D eigenvalue weighted by Crippen LogP contribution is 2.23. The van der Waals surface area contributed by atoms with E-state index in [-0.39, 0.29) is 12.5 Å². The van der Waals surface area contributed by atoms with Gasteiger partial charge in [-0.3, -0.25) is 9.59 Å². The van der Waals surface area contributed by atoms with E-state index in [1.165, 1.54) is 14.0 Å². The Balaban J connectivity index is 2.11. The Morgan fingerprint density at radius 2 is 1.97 bits per heavy atom. The van der Waals surface area contributed by atoms with Crippen molar-refractivity contribution < 1.29 is 23.9 Å². The molecule has 0 aliphatic carbocycles. The molecule has 0 aromatic heterocycles. The number of primary amides is 1. The average Bonchev–Trinajstić information content (AvgIpc) is 2.69. The largest absolute Gasteiger partial charge is 0.437 e. The molecular formula is C20H29ClN4O5. The van der Waals surface area contributed by atoms with Gasteiger partial charge in [-0.25, -0.2) is 4.79 Å². The minimum atomic E-state index is -1.13. The molecule has 0 bridgehead atoms. The summed E-state index contributed by atoms with van der Waals surface area (Å²) in [5.74, 6) is -1.02. The average molecular weight is 441 g/mol. The lowest BCUT2D eigenvalue weighted by Crippen LogP contribution is -2.63. The maximum atomic E-state index is 13.0. The smallest absolute Gasteiger partial charge is 0.405 e. The number of piperidine rings is 1. The molecule has 0 radical (unpaired) electrons. The van der Waals surface area contributed by atoms with E-state index in [1.807, 2.05) is 24.3 Å². The van der Waals surface area contributed by atoms with Crippen molar-refractivity contribution in [3.05, 3.63) is 34.9 Å². The van der Waals surface area contributed by atoms with Crippen LogP contribution >= 0.6 is 11.6 Å². The number of carbonyl (C=O) groups is 3. The van der Waals surface area contributed by atoms with Crippen LogP contribution in [-0.4, -0.2) is 62.4 Å². The van der Waals surface area contributed by atoms with Gasteiger partial charge in [-0.1, -0.05) is 23.7 Å². The van der Waals surface area contributed by atoms with Crippen LogP contribution in [0.15, 0.2) is 24.3 Å². The summed E-state index contributed by atoms with van der Waals surface area (Å²) >= 11 is 5.98. The third kappa shape index (κ3) is 7.16. The van der Waals surface area contributed by atoms with Gasteiger partial charge in [0.1, 0.15) is 6.04 Å². The summed E-state index contributed by atoms with van der Waals surface area (Å²) in [6.45, 7) is 2.80. The van der Waals surface area contributed by atoms with Crippen LogP contribution in [0.3, 0.4) is 0 Å². The molecular weight excluding hydrogens is 412 g/mol. The molecule has 1 aliphatic heterocycles. The van der Waals surface area contributed by atoms with Gasteiger partial charge in [-0.2, -0.15) is 0 Å². The molecule has 2 rings (SSSR count). The molecule has 9 nitrogen and oxygen atoms in total. The van der Waals surface area contributed by atoms with Crippen molar-refractivity contribution in [2.75, 3.05) is 26.8 Å². The number of nitrogens with two attached hydrogens (primary N) is 1. The maximum Gasteiger partial charge on any atom is 0.405 e. The molecule has 1 aromatic rings. The SMILES string of the molecule is COCC(NC(=O)C(C)OC(N)=O)C(=O)NC1(Cc2ccc(Cl)cc2)CCCNC1. The molecule has 3 amide bonds. The Bertz CT molecular complexity index is 737. The number of rotatable bonds is 9. The summed E-state index contributed by atoms with van der Waals surface area (Å²) in [6.07, 6.45) is 0.0919. The molecule has 0 spiro atoms. The summed E-state index contributed by atoms with van der Waals surface area (Å²) in [5, 5.41) is 9.64. The van der Waals surface area contributed by atoms with E-state index in [1.54, 1.807) is 0 Å². The summed E-state index contributed by atoms with van der Waals surface area (Å²) in [4.78, 5) is 36.2. The summed E-state index contributed by atoms with van der Waals surface area (Å²) < 4.78 is 9.76. The number of hydrogen-bond acceptors (Lipinski definition) is 6. The molecule has 3 atom stereocenters. The van der Waals surface area contributed by atoms with Crippen molar-refractivity contribution in [1.82, 2.24) is 16.0 Å². The summed E-state index contributed by atoms with van der Waals surface area (Å²) in [5.41, 5.74) is 5.47. The minimum Gasteiger partial charge on any atom is -0.437 e. The van der Waals surface area contributed by atoms with Crippen molar-refractivity contribution >= 4 is 29.5 Å². The van der Waals surface area contributed by atoms with Gasteiger partial charge >= 0.3 is 6.09 Å². The summed E-state index contributed by atoms with van der Waals surface area (Å²) in [7, 11) is 1.43. The second-order valence-corrected chi connectivity index (χ2v) is 7.89. The maximum absolute atomic E-state index is 13.0. The molecule has 166 valence electrons. The van der Waals surface area contributed by atoms with Crippen LogP contribution in [0.4, 0.5) is 4.79 Å². The Morgan fingerprint density at radius 1 is 1.27 bits per heavy atom. The molecule has 1 heterocycles. The van der Waals surface area contributed by atoms with Gasteiger partial charge in [0, 0.05) is 18.7 Å². The number of nitrogens with one attached hydrogen (secondary N) is 3. The van der Waals surface area contributed by atoms with Gasteiger partial charge in [-0.05, 0) is 50.4 Å². The van der Waals surface area contributed by atoms with Crippen molar-refractivity contribution in [2.24, 2.45) is 5.73 Å². The highest BCUT2D eigenvalue weighted by molar-refractivity contribution is 6.30. The molecule has 1 fully saturated rings. The first-order valence-corrected chi connectivity index (χ1v) is 10.1. The Kier molecular flexibility index (Phi) is 8.88. The van der Waals surface area contributed by atoms with Gasteiger partial charge in [0.15, 0.2) is 6.10 Å². The van der Waals surface area contributed by atoms with E-state index < -0.39 is 29.7 Å². The lowest BCUT2D eigenvalue weighted by Gasteiger charge is -2.39. The van der Waals surface area contributed by atoms with Crippen molar-refractivity contribution in [3.8, 4) is 0 Å². The van der Waals surface area contributed by atoms with Crippen LogP contribution in [0.1, 0.15) is 25.3 Å². The number of hydrogen-bond donors (Lipinski definition) is 4. The van der Waals surface area contributed by atoms with E-state index in [4.69, 9.17) is 22.1 Å². The zero-order chi connectivity index (χ0) is 22.1. The molecule has 1 aromatic carbocycles. The van der Waals surface area contributed by atoms with Gasteiger partial charge in [0.25, 0.3) is 5.91 Å². The fourth-order valence-corrected chi connectivity index (χ4v) is 3.60. The van der Waals surface area contributed by atoms with E-state index in [2.05, 4.69) is 20.7 Å². The zero-order valence-corrected chi connectivity index (χ0v) is 18.0. The molecule has 0 saturated carbocycles. The normalized spacial score (nSPS) is 20.6. The predicted octanol–water partition coefficient (Wildman–Crippen LogP) is 0.736. The van der Waals surface area contributed by atoms with E-state index in [0.717, 1.165) is 24.9 Å². The Labute approximate surface area is 181 Å². The third-order valence-electron chi connectivity index (χ3n) is 4.94. The van der Waals surface area contributed by atoms with Crippen molar-refractivity contribution in [3.63, 3.8) is 0 Å².